The fraction of sp³-hybridized carbons (Fsp3) is 0.413. The minimum atomic E-state index is -3.22. The van der Waals surface area contributed by atoms with E-state index < -0.39 is 52.6 Å². The van der Waals surface area contributed by atoms with E-state index in [1.165, 1.54) is 0 Å². The molecule has 1 heterocycles. The summed E-state index contributed by atoms with van der Waals surface area (Å²) in [7, 11) is -4.79. The molecule has 0 bridgehead atoms. The Labute approximate surface area is 330 Å². The van der Waals surface area contributed by atoms with Crippen LogP contribution >= 0.6 is 0 Å². The third-order valence-corrected chi connectivity index (χ3v) is 20.6. The number of carbonyl (C=O) groups excluding carboxylic acids is 1. The van der Waals surface area contributed by atoms with E-state index in [4.69, 9.17) is 23.1 Å². The van der Waals surface area contributed by atoms with Gasteiger partial charge < -0.3 is 28.2 Å². The van der Waals surface area contributed by atoms with Crippen molar-refractivity contribution in [3.63, 3.8) is 0 Å². The fourth-order valence-electron chi connectivity index (χ4n) is 7.86. The Balaban J connectivity index is 1.68. The maximum atomic E-state index is 13.2. The van der Waals surface area contributed by atoms with Crippen LogP contribution in [0.1, 0.15) is 62.3 Å². The van der Waals surface area contributed by atoms with Crippen molar-refractivity contribution >= 4 is 43.4 Å². The first-order valence-corrected chi connectivity index (χ1v) is 23.1. The van der Waals surface area contributed by atoms with E-state index in [2.05, 4.69) is 90.1 Å². The molecule has 4 aromatic rings. The van der Waals surface area contributed by atoms with Crippen molar-refractivity contribution in [1.82, 2.24) is 0 Å². The Morgan fingerprint density at radius 2 is 1.09 bits per heavy atom. The van der Waals surface area contributed by atoms with Crippen molar-refractivity contribution in [2.75, 3.05) is 13.7 Å². The molecule has 0 saturated carbocycles. The lowest BCUT2D eigenvalue weighted by Gasteiger charge is -2.46. The molecule has 9 heteroatoms. The lowest BCUT2D eigenvalue weighted by Crippen LogP contribution is -2.69. The highest BCUT2D eigenvalue weighted by Gasteiger charge is 2.59. The Kier molecular flexibility index (Phi) is 13.2. The molecule has 294 valence electrons. The summed E-state index contributed by atoms with van der Waals surface area (Å²) in [5.74, 6) is -0.363. The van der Waals surface area contributed by atoms with Crippen molar-refractivity contribution in [3.05, 3.63) is 134 Å². The van der Waals surface area contributed by atoms with Crippen LogP contribution in [0.4, 0.5) is 0 Å². The lowest BCUT2D eigenvalue weighted by atomic mass is 9.97. The Bertz CT molecular complexity index is 1750. The number of hydrogen-bond donors (Lipinski definition) is 1. The topological polar surface area (TPSA) is 83.5 Å². The number of esters is 1. The quantitative estimate of drug-likeness (QED) is 0.0914. The van der Waals surface area contributed by atoms with E-state index in [9.17, 15) is 9.90 Å². The number of ether oxygens (including phenoxy) is 3. The van der Waals surface area contributed by atoms with Crippen molar-refractivity contribution in [1.29, 1.82) is 0 Å². The van der Waals surface area contributed by atoms with Crippen LogP contribution in [0, 0.1) is 5.41 Å². The first-order valence-electron chi connectivity index (χ1n) is 19.3. The fourth-order valence-corrected chi connectivity index (χ4v) is 17.2. The molecule has 0 spiro atoms. The average molecular weight is 781 g/mol. The third kappa shape index (κ3) is 8.77. The number of rotatable bonds is 13. The van der Waals surface area contributed by atoms with Crippen LogP contribution in [-0.2, 0) is 27.9 Å². The molecule has 0 unspecified atom stereocenters. The predicted molar refractivity (Wildman–Crippen MR) is 226 cm³/mol. The Hall–Kier alpha value is -3.84. The van der Waals surface area contributed by atoms with Crippen LogP contribution < -0.4 is 20.7 Å². The summed E-state index contributed by atoms with van der Waals surface area (Å²) in [6, 6.07) is 41.4. The highest BCUT2D eigenvalue weighted by atomic mass is 28.4. The number of aliphatic hydroxyl groups is 1. The summed E-state index contributed by atoms with van der Waals surface area (Å²) in [6.07, 6.45) is -1.14. The largest absolute Gasteiger partial charge is 0.505 e. The van der Waals surface area contributed by atoms with Gasteiger partial charge in [-0.2, -0.15) is 0 Å². The van der Waals surface area contributed by atoms with E-state index in [1.807, 2.05) is 99.6 Å². The molecule has 4 aromatic carbocycles. The van der Waals surface area contributed by atoms with Crippen LogP contribution in [0.5, 0.6) is 0 Å². The molecule has 1 aliphatic rings. The summed E-state index contributed by atoms with van der Waals surface area (Å²) < 4.78 is 33.6. The van der Waals surface area contributed by atoms with E-state index in [1.54, 1.807) is 13.4 Å². The van der Waals surface area contributed by atoms with E-state index in [-0.39, 0.29) is 22.7 Å². The van der Waals surface area contributed by atoms with Crippen LogP contribution in [0.25, 0.3) is 0 Å². The molecule has 0 aliphatic carbocycles. The molecule has 0 aromatic heterocycles. The smallest absolute Gasteiger partial charge is 0.311 e. The number of carbonyl (C=O) groups is 1. The summed E-state index contributed by atoms with van der Waals surface area (Å²) in [5, 5.41) is 16.3. The van der Waals surface area contributed by atoms with Crippen LogP contribution in [0.2, 0.25) is 10.1 Å². The number of hydrogen-bond acceptors (Lipinski definition) is 7. The van der Waals surface area contributed by atoms with Gasteiger partial charge in [0, 0.05) is 0 Å². The van der Waals surface area contributed by atoms with Crippen molar-refractivity contribution < 1.29 is 33.0 Å². The van der Waals surface area contributed by atoms with Gasteiger partial charge in [0.25, 0.3) is 16.6 Å². The zero-order chi connectivity index (χ0) is 40.1. The zero-order valence-corrected chi connectivity index (χ0v) is 36.2. The maximum Gasteiger partial charge on any atom is 0.311 e. The van der Waals surface area contributed by atoms with Gasteiger partial charge in [0.05, 0.1) is 24.9 Å². The first kappa shape index (κ1) is 42.3. The standard InChI is InChI=1S/C46H60O7Si2/c1-44(2,3)43(48)50-33-39-42(53-55(46(7,8)9,36-27-19-13-20-28-36)37-29-21-14-22-30-37)40(47)41(51-39)38(31-32-49-10)52-54(45(4,5)6,34-23-15-11-16-24-34)35-25-17-12-18-26-35/h11-32,38-42,47H,33H2,1-10H3/b32-31+/t38-,39+,40+,41-,42-/m0/s1. The Morgan fingerprint density at radius 1 is 0.691 bits per heavy atom. The van der Waals surface area contributed by atoms with E-state index in [0.29, 0.717) is 0 Å². The molecule has 5 rings (SSSR count). The SMILES string of the molecule is CO/C=C/[C@H](O[Si](c1ccccc1)(c1ccccc1)C(C)(C)C)[C@@H]1O[C@H](COC(=O)C(C)(C)C)[C@H](O[Si](c2ccccc2)(c2ccccc2)C(C)(C)C)[C@@H]1O. The zero-order valence-electron chi connectivity index (χ0n) is 34.2. The molecule has 1 fully saturated rings. The number of methoxy groups -OCH3 is 1. The van der Waals surface area contributed by atoms with Gasteiger partial charge in [0.15, 0.2) is 0 Å². The van der Waals surface area contributed by atoms with Crippen LogP contribution in [0.3, 0.4) is 0 Å². The van der Waals surface area contributed by atoms with Gasteiger partial charge in [-0.15, -0.1) is 0 Å². The van der Waals surface area contributed by atoms with E-state index >= 15 is 0 Å². The van der Waals surface area contributed by atoms with Crippen molar-refractivity contribution in [3.8, 4) is 0 Å². The van der Waals surface area contributed by atoms with E-state index in [0.717, 1.165) is 20.7 Å². The van der Waals surface area contributed by atoms with Gasteiger partial charge in [-0.3, -0.25) is 4.79 Å². The molecular formula is C46H60O7Si2. The van der Waals surface area contributed by atoms with Crippen LogP contribution in [-0.4, -0.2) is 71.9 Å². The van der Waals surface area contributed by atoms with Gasteiger partial charge in [-0.1, -0.05) is 163 Å². The lowest BCUT2D eigenvalue weighted by molar-refractivity contribution is -0.158. The van der Waals surface area contributed by atoms with Gasteiger partial charge in [0.2, 0.25) is 0 Å². The normalized spacial score (nSPS) is 20.3. The molecule has 1 aliphatic heterocycles. The Morgan fingerprint density at radius 3 is 1.45 bits per heavy atom. The molecule has 5 atom stereocenters. The summed E-state index contributed by atoms with van der Waals surface area (Å²) in [4.78, 5) is 13.2. The molecule has 0 amide bonds. The highest BCUT2D eigenvalue weighted by Crippen LogP contribution is 2.43. The van der Waals surface area contributed by atoms with Gasteiger partial charge in [0.1, 0.15) is 31.0 Å². The second-order valence-electron chi connectivity index (χ2n) is 17.5. The minimum Gasteiger partial charge on any atom is -0.505 e. The molecule has 0 radical (unpaired) electrons. The second kappa shape index (κ2) is 17.1. The van der Waals surface area contributed by atoms with Gasteiger partial charge >= 0.3 is 5.97 Å². The number of benzene rings is 4. The van der Waals surface area contributed by atoms with Gasteiger partial charge in [-0.25, -0.2) is 0 Å². The van der Waals surface area contributed by atoms with Crippen molar-refractivity contribution in [2.45, 2.75) is 103 Å². The molecular weight excluding hydrogens is 721 g/mol. The summed E-state index contributed by atoms with van der Waals surface area (Å²) >= 11 is 0. The minimum absolute atomic E-state index is 0.105. The van der Waals surface area contributed by atoms with Gasteiger partial charge in [-0.05, 0) is 57.7 Å². The molecule has 55 heavy (non-hydrogen) atoms. The monoisotopic (exact) mass is 780 g/mol. The molecule has 1 saturated heterocycles. The molecule has 7 nitrogen and oxygen atoms in total. The maximum absolute atomic E-state index is 13.2. The average Bonchev–Trinajstić information content (AvgIpc) is 3.46. The summed E-state index contributed by atoms with van der Waals surface area (Å²) in [6.45, 7) is 18.6. The highest BCUT2D eigenvalue weighted by molar-refractivity contribution is 7.00. The second-order valence-corrected chi connectivity index (χ2v) is 26.0. The molecule has 1 N–H and O–H groups in total. The third-order valence-electron chi connectivity index (χ3n) is 10.6. The van der Waals surface area contributed by atoms with Crippen LogP contribution in [0.15, 0.2) is 134 Å². The summed E-state index contributed by atoms with van der Waals surface area (Å²) in [5.41, 5.74) is -0.735. The first-order chi connectivity index (χ1) is 26.0. The predicted octanol–water partition coefficient (Wildman–Crippen LogP) is 6.75. The van der Waals surface area contributed by atoms with Crippen molar-refractivity contribution in [2.24, 2.45) is 5.41 Å². The number of aliphatic hydroxyl groups excluding tert-OH is 1.